The summed E-state index contributed by atoms with van der Waals surface area (Å²) in [6, 6.07) is 0. The average Bonchev–Trinajstić information content (AvgIpc) is 2.73. The second-order valence-corrected chi connectivity index (χ2v) is 9.72. The van der Waals surface area contributed by atoms with E-state index in [1.807, 2.05) is 0 Å². The fraction of sp³-hybridized carbons (Fsp3) is 0.950. The minimum absolute atomic E-state index is 0.0973. The van der Waals surface area contributed by atoms with Crippen molar-refractivity contribution in [2.24, 2.45) is 40.4 Å². The number of ketones is 1. The van der Waals surface area contributed by atoms with Gasteiger partial charge in [-0.1, -0.05) is 20.8 Å². The molecule has 0 radical (unpaired) electrons. The standard InChI is InChI=1S/C20H32O3/c1-11-10-20(3)12(8-16(11)21)4-5-13-14(20)6-7-19(2)15(13)9-17(22)18(19)23/h11-15,17-18,22-23H,4-10H2,1-3H3/t11-,12+,13+,14-,15-,17-,18-,19-,20-/m0/s1. The minimum Gasteiger partial charge on any atom is -0.390 e. The quantitative estimate of drug-likeness (QED) is 0.721. The SMILES string of the molecule is C[C@H]1C[C@@]2(C)[C@H](CC[C@@H]3[C@@H]2CC[C@]2(C)[C@@H](O)[C@@H](O)C[C@@H]32)CC1=O. The number of carbonyl (C=O) groups excluding carboxylic acids is 1. The fourth-order valence-electron chi connectivity index (χ4n) is 7.39. The first-order valence-electron chi connectivity index (χ1n) is 9.66. The second kappa shape index (κ2) is 5.05. The van der Waals surface area contributed by atoms with Gasteiger partial charge in [-0.15, -0.1) is 0 Å². The van der Waals surface area contributed by atoms with Crippen LogP contribution >= 0.6 is 0 Å². The summed E-state index contributed by atoms with van der Waals surface area (Å²) in [5.74, 6) is 3.00. The number of fused-ring (bicyclic) bond motifs is 5. The first-order valence-corrected chi connectivity index (χ1v) is 9.66. The third-order valence-corrected chi connectivity index (χ3v) is 8.78. The van der Waals surface area contributed by atoms with Crippen LogP contribution in [-0.4, -0.2) is 28.2 Å². The highest BCUT2D eigenvalue weighted by Gasteiger charge is 2.62. The Morgan fingerprint density at radius 3 is 2.52 bits per heavy atom. The van der Waals surface area contributed by atoms with Gasteiger partial charge in [-0.2, -0.15) is 0 Å². The van der Waals surface area contributed by atoms with Gasteiger partial charge in [0.05, 0.1) is 12.2 Å². The van der Waals surface area contributed by atoms with Crippen LogP contribution in [0.2, 0.25) is 0 Å². The zero-order valence-corrected chi connectivity index (χ0v) is 14.8. The van der Waals surface area contributed by atoms with Gasteiger partial charge in [-0.05, 0) is 73.0 Å². The van der Waals surface area contributed by atoms with E-state index in [4.69, 9.17) is 0 Å². The summed E-state index contributed by atoms with van der Waals surface area (Å²) in [6.07, 6.45) is 6.05. The molecule has 0 amide bonds. The van der Waals surface area contributed by atoms with Gasteiger partial charge in [-0.25, -0.2) is 0 Å². The molecule has 0 aromatic carbocycles. The molecule has 0 bridgehead atoms. The van der Waals surface area contributed by atoms with Crippen molar-refractivity contribution in [2.45, 2.75) is 77.9 Å². The third kappa shape index (κ3) is 2.05. The maximum Gasteiger partial charge on any atom is 0.136 e. The Balaban J connectivity index is 1.65. The molecule has 3 nitrogen and oxygen atoms in total. The number of aliphatic hydroxyl groups is 2. The van der Waals surface area contributed by atoms with Crippen LogP contribution in [0.1, 0.15) is 65.7 Å². The molecule has 4 aliphatic carbocycles. The monoisotopic (exact) mass is 320 g/mol. The molecule has 9 atom stereocenters. The molecule has 4 saturated carbocycles. The zero-order valence-electron chi connectivity index (χ0n) is 14.8. The van der Waals surface area contributed by atoms with Crippen LogP contribution in [0.15, 0.2) is 0 Å². The second-order valence-electron chi connectivity index (χ2n) is 9.72. The molecule has 0 aromatic rings. The summed E-state index contributed by atoms with van der Waals surface area (Å²) >= 11 is 0. The molecule has 0 saturated heterocycles. The highest BCUT2D eigenvalue weighted by atomic mass is 16.3. The lowest BCUT2D eigenvalue weighted by atomic mass is 9.44. The Hall–Kier alpha value is -0.410. The predicted octanol–water partition coefficient (Wildman–Crippen LogP) is 3.18. The summed E-state index contributed by atoms with van der Waals surface area (Å²) in [5.41, 5.74) is 0.190. The van der Waals surface area contributed by atoms with Crippen molar-refractivity contribution in [1.29, 1.82) is 0 Å². The predicted molar refractivity (Wildman–Crippen MR) is 88.7 cm³/mol. The van der Waals surface area contributed by atoms with Gasteiger partial charge in [0.1, 0.15) is 5.78 Å². The molecule has 0 aromatic heterocycles. The Morgan fingerprint density at radius 2 is 1.78 bits per heavy atom. The number of hydrogen-bond donors (Lipinski definition) is 2. The van der Waals surface area contributed by atoms with Crippen molar-refractivity contribution in [3.63, 3.8) is 0 Å². The van der Waals surface area contributed by atoms with Gasteiger partial charge in [0.15, 0.2) is 0 Å². The molecule has 4 aliphatic rings. The van der Waals surface area contributed by atoms with Gasteiger partial charge in [-0.3, -0.25) is 4.79 Å². The van der Waals surface area contributed by atoms with E-state index in [9.17, 15) is 15.0 Å². The largest absolute Gasteiger partial charge is 0.390 e. The van der Waals surface area contributed by atoms with Crippen LogP contribution < -0.4 is 0 Å². The average molecular weight is 320 g/mol. The highest BCUT2D eigenvalue weighted by Crippen LogP contribution is 2.66. The fourth-order valence-corrected chi connectivity index (χ4v) is 7.39. The first-order chi connectivity index (χ1) is 10.8. The lowest BCUT2D eigenvalue weighted by molar-refractivity contribution is -0.149. The van der Waals surface area contributed by atoms with Crippen molar-refractivity contribution >= 4 is 5.78 Å². The Kier molecular flexibility index (Phi) is 3.53. The van der Waals surface area contributed by atoms with Gasteiger partial charge in [0, 0.05) is 12.3 Å². The van der Waals surface area contributed by atoms with Crippen LogP contribution in [0.3, 0.4) is 0 Å². The van der Waals surface area contributed by atoms with Crippen LogP contribution in [-0.2, 0) is 4.79 Å². The smallest absolute Gasteiger partial charge is 0.136 e. The zero-order chi connectivity index (χ0) is 16.6. The number of rotatable bonds is 0. The summed E-state index contributed by atoms with van der Waals surface area (Å²) < 4.78 is 0. The van der Waals surface area contributed by atoms with Crippen molar-refractivity contribution in [1.82, 2.24) is 0 Å². The van der Waals surface area contributed by atoms with E-state index < -0.39 is 12.2 Å². The molecular weight excluding hydrogens is 288 g/mol. The molecule has 23 heavy (non-hydrogen) atoms. The van der Waals surface area contributed by atoms with E-state index >= 15 is 0 Å². The van der Waals surface area contributed by atoms with Gasteiger partial charge < -0.3 is 10.2 Å². The number of Topliss-reactive ketones (excluding diaryl/α,β-unsaturated/α-hetero) is 1. The highest BCUT2D eigenvalue weighted by molar-refractivity contribution is 5.82. The normalized spacial score (nSPS) is 59.2. The molecule has 4 fully saturated rings. The van der Waals surface area contributed by atoms with E-state index in [1.54, 1.807) is 0 Å². The minimum atomic E-state index is -0.550. The first kappa shape index (κ1) is 16.1. The summed E-state index contributed by atoms with van der Waals surface area (Å²) in [4.78, 5) is 12.2. The summed E-state index contributed by atoms with van der Waals surface area (Å²) in [6.45, 7) is 6.77. The van der Waals surface area contributed by atoms with Crippen LogP contribution in [0, 0.1) is 40.4 Å². The maximum absolute atomic E-state index is 12.2. The molecule has 0 spiro atoms. The van der Waals surface area contributed by atoms with Crippen molar-refractivity contribution in [3.05, 3.63) is 0 Å². The van der Waals surface area contributed by atoms with E-state index in [2.05, 4.69) is 20.8 Å². The van der Waals surface area contributed by atoms with Crippen LogP contribution in [0.4, 0.5) is 0 Å². The molecular formula is C20H32O3. The van der Waals surface area contributed by atoms with E-state index in [0.717, 1.165) is 38.5 Å². The number of aliphatic hydroxyl groups excluding tert-OH is 2. The van der Waals surface area contributed by atoms with Crippen molar-refractivity contribution in [2.75, 3.05) is 0 Å². The Bertz CT molecular complexity index is 517. The van der Waals surface area contributed by atoms with E-state index in [1.165, 1.54) is 6.42 Å². The summed E-state index contributed by atoms with van der Waals surface area (Å²) in [7, 11) is 0. The van der Waals surface area contributed by atoms with Crippen LogP contribution in [0.5, 0.6) is 0 Å². The van der Waals surface area contributed by atoms with Gasteiger partial charge >= 0.3 is 0 Å². The van der Waals surface area contributed by atoms with E-state index in [-0.39, 0.29) is 16.7 Å². The lowest BCUT2D eigenvalue weighted by Gasteiger charge is -2.60. The number of carbonyl (C=O) groups is 1. The maximum atomic E-state index is 12.2. The van der Waals surface area contributed by atoms with Crippen LogP contribution in [0.25, 0.3) is 0 Å². The molecule has 130 valence electrons. The lowest BCUT2D eigenvalue weighted by Crippen LogP contribution is -2.55. The van der Waals surface area contributed by atoms with Crippen molar-refractivity contribution in [3.8, 4) is 0 Å². The topological polar surface area (TPSA) is 57.5 Å². The Morgan fingerprint density at radius 1 is 1.04 bits per heavy atom. The molecule has 0 aliphatic heterocycles. The molecule has 2 N–H and O–H groups in total. The molecule has 4 rings (SSSR count). The molecule has 0 heterocycles. The number of hydrogen-bond acceptors (Lipinski definition) is 3. The summed E-state index contributed by atoms with van der Waals surface area (Å²) in [5, 5.41) is 20.8. The van der Waals surface area contributed by atoms with Gasteiger partial charge in [0.2, 0.25) is 0 Å². The Labute approximate surface area is 139 Å². The van der Waals surface area contributed by atoms with E-state index in [0.29, 0.717) is 29.5 Å². The third-order valence-electron chi connectivity index (χ3n) is 8.78. The van der Waals surface area contributed by atoms with Gasteiger partial charge in [0.25, 0.3) is 0 Å². The van der Waals surface area contributed by atoms with Crippen molar-refractivity contribution < 1.29 is 15.0 Å². The molecule has 3 heteroatoms. The molecule has 0 unspecified atom stereocenters.